The first-order valence-corrected chi connectivity index (χ1v) is 6.32. The van der Waals surface area contributed by atoms with E-state index in [1.54, 1.807) is 17.9 Å². The van der Waals surface area contributed by atoms with Gasteiger partial charge in [0.15, 0.2) is 0 Å². The molecule has 0 saturated heterocycles. The second-order valence-electron chi connectivity index (χ2n) is 4.95. The SMILES string of the molecule is CC[C@H]1[C@H](C)[C@@H](N)c2cc(F)ccc2N1C(C)=O. The minimum atomic E-state index is -0.310. The second-order valence-corrected chi connectivity index (χ2v) is 4.95. The number of carbonyl (C=O) groups excluding carboxylic acids is 1. The predicted octanol–water partition coefficient (Wildman–Crippen LogP) is 2.61. The normalized spacial score (nSPS) is 26.9. The molecule has 0 unspecified atom stereocenters. The molecule has 0 fully saturated rings. The average molecular weight is 250 g/mol. The number of anilines is 1. The monoisotopic (exact) mass is 250 g/mol. The number of amides is 1. The van der Waals surface area contributed by atoms with Crippen molar-refractivity contribution in [3.8, 4) is 0 Å². The van der Waals surface area contributed by atoms with Gasteiger partial charge in [0.05, 0.1) is 0 Å². The van der Waals surface area contributed by atoms with Crippen molar-refractivity contribution in [2.45, 2.75) is 39.3 Å². The molecule has 2 N–H and O–H groups in total. The number of nitrogens with zero attached hydrogens (tertiary/aromatic N) is 1. The Bertz CT molecular complexity index is 475. The van der Waals surface area contributed by atoms with Gasteiger partial charge in [0.1, 0.15) is 5.82 Å². The van der Waals surface area contributed by atoms with Crippen LogP contribution in [0.3, 0.4) is 0 Å². The summed E-state index contributed by atoms with van der Waals surface area (Å²) in [6.07, 6.45) is 0.839. The molecule has 1 aromatic rings. The van der Waals surface area contributed by atoms with Crippen LogP contribution in [-0.2, 0) is 4.79 Å². The highest BCUT2D eigenvalue weighted by Gasteiger charge is 2.37. The largest absolute Gasteiger partial charge is 0.324 e. The first-order valence-electron chi connectivity index (χ1n) is 6.32. The van der Waals surface area contributed by atoms with Gasteiger partial charge in [-0.2, -0.15) is 0 Å². The maximum atomic E-state index is 13.3. The molecule has 0 bridgehead atoms. The lowest BCUT2D eigenvalue weighted by Gasteiger charge is -2.43. The summed E-state index contributed by atoms with van der Waals surface area (Å²) in [6, 6.07) is 4.33. The molecule has 18 heavy (non-hydrogen) atoms. The number of carbonyl (C=O) groups is 1. The minimum Gasteiger partial charge on any atom is -0.324 e. The van der Waals surface area contributed by atoms with Crippen LogP contribution in [0.15, 0.2) is 18.2 Å². The van der Waals surface area contributed by atoms with Gasteiger partial charge < -0.3 is 10.6 Å². The van der Waals surface area contributed by atoms with E-state index in [4.69, 9.17) is 5.73 Å². The fourth-order valence-electron chi connectivity index (χ4n) is 2.91. The molecular weight excluding hydrogens is 231 g/mol. The predicted molar refractivity (Wildman–Crippen MR) is 69.7 cm³/mol. The molecule has 4 heteroatoms. The van der Waals surface area contributed by atoms with E-state index in [9.17, 15) is 9.18 Å². The van der Waals surface area contributed by atoms with Gasteiger partial charge in [0.2, 0.25) is 5.91 Å². The van der Waals surface area contributed by atoms with E-state index in [0.29, 0.717) is 0 Å². The Kier molecular flexibility index (Phi) is 3.39. The van der Waals surface area contributed by atoms with E-state index >= 15 is 0 Å². The van der Waals surface area contributed by atoms with Crippen molar-refractivity contribution in [3.05, 3.63) is 29.6 Å². The molecule has 0 spiro atoms. The van der Waals surface area contributed by atoms with Gasteiger partial charge in [-0.05, 0) is 36.1 Å². The van der Waals surface area contributed by atoms with E-state index in [0.717, 1.165) is 17.7 Å². The lowest BCUT2D eigenvalue weighted by atomic mass is 9.81. The number of nitrogens with two attached hydrogens (primary N) is 1. The van der Waals surface area contributed by atoms with Gasteiger partial charge in [-0.3, -0.25) is 4.79 Å². The maximum Gasteiger partial charge on any atom is 0.224 e. The van der Waals surface area contributed by atoms with Crippen LogP contribution in [0.5, 0.6) is 0 Å². The molecule has 1 aliphatic heterocycles. The van der Waals surface area contributed by atoms with E-state index in [2.05, 4.69) is 0 Å². The average Bonchev–Trinajstić information content (AvgIpc) is 2.33. The van der Waals surface area contributed by atoms with Crippen molar-refractivity contribution < 1.29 is 9.18 Å². The molecular formula is C14H19FN2O. The Hall–Kier alpha value is -1.42. The standard InChI is InChI=1S/C14H19FN2O/c1-4-12-8(2)14(16)11-7-10(15)5-6-13(11)17(12)9(3)18/h5-8,12,14H,4,16H2,1-3H3/t8-,12-,14+/m0/s1. The molecule has 0 saturated carbocycles. The quantitative estimate of drug-likeness (QED) is 0.832. The summed E-state index contributed by atoms with van der Waals surface area (Å²) in [5, 5.41) is 0. The van der Waals surface area contributed by atoms with Crippen LogP contribution in [0.1, 0.15) is 38.8 Å². The van der Waals surface area contributed by atoms with Crippen LogP contribution in [0, 0.1) is 11.7 Å². The molecule has 0 aromatic heterocycles. The minimum absolute atomic E-state index is 0.0199. The molecule has 0 aliphatic carbocycles. The Morgan fingerprint density at radius 3 is 2.72 bits per heavy atom. The highest BCUT2D eigenvalue weighted by Crippen LogP contribution is 2.40. The summed E-state index contributed by atoms with van der Waals surface area (Å²) in [6.45, 7) is 5.60. The van der Waals surface area contributed by atoms with Crippen molar-refractivity contribution in [1.82, 2.24) is 0 Å². The van der Waals surface area contributed by atoms with Gasteiger partial charge in [0, 0.05) is 24.7 Å². The van der Waals surface area contributed by atoms with Crippen molar-refractivity contribution in [2.75, 3.05) is 4.90 Å². The molecule has 98 valence electrons. The van der Waals surface area contributed by atoms with Crippen LogP contribution >= 0.6 is 0 Å². The number of fused-ring (bicyclic) bond motifs is 1. The Morgan fingerprint density at radius 2 is 2.17 bits per heavy atom. The van der Waals surface area contributed by atoms with Gasteiger partial charge >= 0.3 is 0 Å². The third-order valence-electron chi connectivity index (χ3n) is 3.87. The fraction of sp³-hybridized carbons (Fsp3) is 0.500. The van der Waals surface area contributed by atoms with E-state index < -0.39 is 0 Å². The zero-order chi connectivity index (χ0) is 13.4. The molecule has 2 rings (SSSR count). The van der Waals surface area contributed by atoms with E-state index in [-0.39, 0.29) is 29.7 Å². The number of benzene rings is 1. The summed E-state index contributed by atoms with van der Waals surface area (Å²) in [7, 11) is 0. The van der Waals surface area contributed by atoms with E-state index in [1.165, 1.54) is 12.1 Å². The topological polar surface area (TPSA) is 46.3 Å². The lowest BCUT2D eigenvalue weighted by Crippen LogP contribution is -2.50. The van der Waals surface area contributed by atoms with Gasteiger partial charge in [0.25, 0.3) is 0 Å². The molecule has 1 amide bonds. The van der Waals surface area contributed by atoms with Crippen LogP contribution in [0.4, 0.5) is 10.1 Å². The van der Waals surface area contributed by atoms with Crippen molar-refractivity contribution in [3.63, 3.8) is 0 Å². The smallest absolute Gasteiger partial charge is 0.224 e. The first kappa shape index (κ1) is 13.0. The Morgan fingerprint density at radius 1 is 1.50 bits per heavy atom. The highest BCUT2D eigenvalue weighted by molar-refractivity contribution is 5.93. The van der Waals surface area contributed by atoms with Gasteiger partial charge in [-0.1, -0.05) is 13.8 Å². The lowest BCUT2D eigenvalue weighted by molar-refractivity contribution is -0.117. The van der Waals surface area contributed by atoms with Crippen LogP contribution < -0.4 is 10.6 Å². The second kappa shape index (κ2) is 4.69. The molecule has 0 radical (unpaired) electrons. The molecule has 3 atom stereocenters. The Labute approximate surface area is 107 Å². The van der Waals surface area contributed by atoms with Gasteiger partial charge in [-0.15, -0.1) is 0 Å². The molecule has 1 heterocycles. The van der Waals surface area contributed by atoms with E-state index in [1.807, 2.05) is 13.8 Å². The molecule has 1 aliphatic rings. The first-order chi connectivity index (χ1) is 8.47. The number of halogens is 1. The number of hydrogen-bond donors (Lipinski definition) is 1. The summed E-state index contributed by atoms with van der Waals surface area (Å²) >= 11 is 0. The summed E-state index contributed by atoms with van der Waals surface area (Å²) in [4.78, 5) is 13.6. The van der Waals surface area contributed by atoms with Gasteiger partial charge in [-0.25, -0.2) is 4.39 Å². The summed E-state index contributed by atoms with van der Waals surface area (Å²) in [5.74, 6) is -0.212. The Balaban J connectivity index is 2.59. The zero-order valence-electron chi connectivity index (χ0n) is 11.0. The summed E-state index contributed by atoms with van der Waals surface area (Å²) < 4.78 is 13.3. The van der Waals surface area contributed by atoms with Crippen molar-refractivity contribution in [1.29, 1.82) is 0 Å². The van der Waals surface area contributed by atoms with Crippen LogP contribution in [0.2, 0.25) is 0 Å². The van der Waals surface area contributed by atoms with Crippen molar-refractivity contribution >= 4 is 11.6 Å². The van der Waals surface area contributed by atoms with Crippen molar-refractivity contribution in [2.24, 2.45) is 11.7 Å². The van der Waals surface area contributed by atoms with Crippen LogP contribution in [-0.4, -0.2) is 11.9 Å². The third-order valence-corrected chi connectivity index (χ3v) is 3.87. The van der Waals surface area contributed by atoms with Crippen LogP contribution in [0.25, 0.3) is 0 Å². The summed E-state index contributed by atoms with van der Waals surface area (Å²) in [5.41, 5.74) is 7.66. The third kappa shape index (κ3) is 1.90. The fourth-order valence-corrected chi connectivity index (χ4v) is 2.91. The maximum absolute atomic E-state index is 13.3. The number of hydrogen-bond acceptors (Lipinski definition) is 2. The highest BCUT2D eigenvalue weighted by atomic mass is 19.1. The molecule has 1 aromatic carbocycles. The zero-order valence-corrected chi connectivity index (χ0v) is 11.0. The molecule has 3 nitrogen and oxygen atoms in total. The number of rotatable bonds is 1.